The third kappa shape index (κ3) is 5.05. The number of amides is 1. The summed E-state index contributed by atoms with van der Waals surface area (Å²) in [5, 5.41) is 0. The van der Waals surface area contributed by atoms with Crippen LogP contribution in [-0.4, -0.2) is 28.1 Å². The monoisotopic (exact) mass is 411 g/mol. The van der Waals surface area contributed by atoms with E-state index < -0.39 is 10.8 Å². The Morgan fingerprint density at radius 1 is 1.17 bits per heavy atom. The minimum atomic E-state index is -1.20. The normalized spacial score (nSPS) is 12.1. The maximum atomic E-state index is 12.4. The van der Waals surface area contributed by atoms with Crippen LogP contribution in [0.4, 0.5) is 0 Å². The van der Waals surface area contributed by atoms with Crippen molar-refractivity contribution < 1.29 is 13.4 Å². The first-order valence-electron chi connectivity index (χ1n) is 8.07. The van der Waals surface area contributed by atoms with Crippen LogP contribution >= 0.6 is 15.9 Å². The molecule has 2 rings (SSSR count). The summed E-state index contributed by atoms with van der Waals surface area (Å²) in [6, 6.07) is 10.8. The van der Waals surface area contributed by atoms with E-state index in [-0.39, 0.29) is 11.7 Å². The van der Waals surface area contributed by atoms with Crippen molar-refractivity contribution in [3.05, 3.63) is 52.4 Å². The van der Waals surface area contributed by atoms with E-state index in [1.807, 2.05) is 31.2 Å². The van der Waals surface area contributed by atoms with E-state index >= 15 is 0 Å². The molecular formula is C18H22BrNO3S. The van der Waals surface area contributed by atoms with Crippen LogP contribution in [-0.2, 0) is 16.6 Å². The molecule has 0 radical (unpaired) electrons. The van der Waals surface area contributed by atoms with Gasteiger partial charge in [-0.05, 0) is 49.7 Å². The second kappa shape index (κ2) is 9.18. The molecule has 0 saturated carbocycles. The van der Waals surface area contributed by atoms with Gasteiger partial charge < -0.3 is 9.32 Å². The fourth-order valence-electron chi connectivity index (χ4n) is 2.28. The number of unbranched alkanes of at least 4 members (excludes halogenated alkanes) is 1. The van der Waals surface area contributed by atoms with Gasteiger partial charge in [0.05, 0.1) is 16.6 Å². The number of hydrogen-bond donors (Lipinski definition) is 0. The van der Waals surface area contributed by atoms with Crippen molar-refractivity contribution >= 4 is 32.6 Å². The predicted octanol–water partition coefficient (Wildman–Crippen LogP) is 4.61. The first-order chi connectivity index (χ1) is 11.5. The zero-order chi connectivity index (χ0) is 17.5. The van der Waals surface area contributed by atoms with Crippen LogP contribution in [0.1, 0.15) is 43.0 Å². The largest absolute Gasteiger partial charge is 0.455 e. The number of rotatable bonds is 8. The SMILES string of the molecule is CCCCN(CC)C(=O)c1ccc(CS(=O)c2ccc(Br)cc2)o1. The molecule has 4 nitrogen and oxygen atoms in total. The van der Waals surface area contributed by atoms with Gasteiger partial charge in [0.2, 0.25) is 0 Å². The maximum Gasteiger partial charge on any atom is 0.289 e. The van der Waals surface area contributed by atoms with E-state index in [0.717, 1.165) is 28.8 Å². The van der Waals surface area contributed by atoms with E-state index in [1.165, 1.54) is 0 Å². The lowest BCUT2D eigenvalue weighted by molar-refractivity contribution is 0.0729. The molecule has 0 spiro atoms. The van der Waals surface area contributed by atoms with Crippen molar-refractivity contribution in [3.8, 4) is 0 Å². The molecule has 2 aromatic rings. The lowest BCUT2D eigenvalue weighted by atomic mass is 10.3. The van der Waals surface area contributed by atoms with Gasteiger partial charge in [0.1, 0.15) is 5.76 Å². The Hall–Kier alpha value is -1.40. The fraction of sp³-hybridized carbons (Fsp3) is 0.389. The molecule has 1 aromatic heterocycles. The standard InChI is InChI=1S/C18H22BrNO3S/c1-3-5-12-20(4-2)18(21)17-11-8-15(23-17)13-24(22)16-9-6-14(19)7-10-16/h6-11H,3-5,12-13H2,1-2H3. The van der Waals surface area contributed by atoms with Crippen LogP contribution in [0.3, 0.4) is 0 Å². The highest BCUT2D eigenvalue weighted by Crippen LogP contribution is 2.18. The van der Waals surface area contributed by atoms with Crippen LogP contribution in [0.15, 0.2) is 50.2 Å². The minimum Gasteiger partial charge on any atom is -0.455 e. The Kier molecular flexibility index (Phi) is 7.24. The van der Waals surface area contributed by atoms with Crippen molar-refractivity contribution in [2.24, 2.45) is 0 Å². The fourth-order valence-corrected chi connectivity index (χ4v) is 3.56. The van der Waals surface area contributed by atoms with E-state index in [1.54, 1.807) is 17.0 Å². The summed E-state index contributed by atoms with van der Waals surface area (Å²) in [4.78, 5) is 15.0. The molecule has 1 amide bonds. The summed E-state index contributed by atoms with van der Waals surface area (Å²) in [5.74, 6) is 1.03. The molecule has 130 valence electrons. The molecule has 24 heavy (non-hydrogen) atoms. The van der Waals surface area contributed by atoms with Gasteiger partial charge in [-0.1, -0.05) is 29.3 Å². The number of hydrogen-bond acceptors (Lipinski definition) is 3. The molecule has 0 fully saturated rings. The molecule has 0 saturated heterocycles. The summed E-state index contributed by atoms with van der Waals surface area (Å²) in [6.45, 7) is 5.44. The molecule has 1 unspecified atom stereocenters. The number of carbonyl (C=O) groups excluding carboxylic acids is 1. The average molecular weight is 412 g/mol. The van der Waals surface area contributed by atoms with Crippen molar-refractivity contribution in [3.63, 3.8) is 0 Å². The zero-order valence-electron chi connectivity index (χ0n) is 14.0. The quantitative estimate of drug-likeness (QED) is 0.636. The van der Waals surface area contributed by atoms with E-state index in [9.17, 15) is 9.00 Å². The molecule has 1 heterocycles. The lowest BCUT2D eigenvalue weighted by Gasteiger charge is -2.19. The van der Waals surface area contributed by atoms with Gasteiger partial charge in [-0.3, -0.25) is 9.00 Å². The molecule has 0 aliphatic heterocycles. The van der Waals surface area contributed by atoms with E-state index in [4.69, 9.17) is 4.42 Å². The zero-order valence-corrected chi connectivity index (χ0v) is 16.4. The van der Waals surface area contributed by atoms with Crippen LogP contribution in [0.25, 0.3) is 0 Å². The van der Waals surface area contributed by atoms with Gasteiger partial charge in [-0.15, -0.1) is 0 Å². The second-order valence-electron chi connectivity index (χ2n) is 5.45. The molecule has 1 atom stereocenters. The van der Waals surface area contributed by atoms with Gasteiger partial charge in [-0.25, -0.2) is 0 Å². The summed E-state index contributed by atoms with van der Waals surface area (Å²) in [6.07, 6.45) is 2.01. The highest BCUT2D eigenvalue weighted by Gasteiger charge is 2.18. The molecule has 0 aliphatic carbocycles. The Labute approximate surface area is 153 Å². The summed E-state index contributed by atoms with van der Waals surface area (Å²) >= 11 is 3.36. The van der Waals surface area contributed by atoms with Gasteiger partial charge in [0.25, 0.3) is 5.91 Å². The van der Waals surface area contributed by atoms with Gasteiger partial charge in [0, 0.05) is 22.5 Å². The second-order valence-corrected chi connectivity index (χ2v) is 7.81. The summed E-state index contributed by atoms with van der Waals surface area (Å²) in [5.41, 5.74) is 0. The minimum absolute atomic E-state index is 0.105. The first kappa shape index (κ1) is 18.9. The topological polar surface area (TPSA) is 50.5 Å². The Morgan fingerprint density at radius 3 is 2.50 bits per heavy atom. The third-order valence-electron chi connectivity index (χ3n) is 3.67. The van der Waals surface area contributed by atoms with Gasteiger partial charge in [-0.2, -0.15) is 0 Å². The Morgan fingerprint density at radius 2 is 1.88 bits per heavy atom. The number of furan rings is 1. The van der Waals surface area contributed by atoms with Crippen molar-refractivity contribution in [2.45, 2.75) is 37.3 Å². The number of nitrogens with zero attached hydrogens (tertiary/aromatic N) is 1. The highest BCUT2D eigenvalue weighted by molar-refractivity contribution is 9.10. The average Bonchev–Trinajstić information content (AvgIpc) is 3.04. The van der Waals surface area contributed by atoms with Crippen molar-refractivity contribution in [1.82, 2.24) is 4.90 Å². The van der Waals surface area contributed by atoms with Gasteiger partial charge >= 0.3 is 0 Å². The van der Waals surface area contributed by atoms with Crippen molar-refractivity contribution in [2.75, 3.05) is 13.1 Å². The van der Waals surface area contributed by atoms with Gasteiger partial charge in [0.15, 0.2) is 5.76 Å². The predicted molar refractivity (Wildman–Crippen MR) is 99.4 cm³/mol. The van der Waals surface area contributed by atoms with Crippen LogP contribution < -0.4 is 0 Å². The van der Waals surface area contributed by atoms with Crippen LogP contribution in [0, 0.1) is 0 Å². The Balaban J connectivity index is 2.03. The van der Waals surface area contributed by atoms with Crippen LogP contribution in [0.5, 0.6) is 0 Å². The molecule has 0 N–H and O–H groups in total. The molecule has 0 aliphatic rings. The smallest absolute Gasteiger partial charge is 0.289 e. The highest BCUT2D eigenvalue weighted by atomic mass is 79.9. The first-order valence-corrected chi connectivity index (χ1v) is 10.2. The molecule has 0 bridgehead atoms. The van der Waals surface area contributed by atoms with Crippen molar-refractivity contribution in [1.29, 1.82) is 0 Å². The van der Waals surface area contributed by atoms with E-state index in [2.05, 4.69) is 22.9 Å². The van der Waals surface area contributed by atoms with E-state index in [0.29, 0.717) is 18.1 Å². The molecule has 1 aromatic carbocycles. The number of benzene rings is 1. The summed E-state index contributed by atoms with van der Waals surface area (Å²) < 4.78 is 19.0. The third-order valence-corrected chi connectivity index (χ3v) is 5.55. The number of carbonyl (C=O) groups is 1. The molecule has 6 heteroatoms. The Bertz CT molecular complexity index is 697. The van der Waals surface area contributed by atoms with Crippen LogP contribution in [0.2, 0.25) is 0 Å². The maximum absolute atomic E-state index is 12.4. The molecular weight excluding hydrogens is 390 g/mol. The number of halogens is 1. The summed E-state index contributed by atoms with van der Waals surface area (Å²) in [7, 11) is -1.20. The lowest BCUT2D eigenvalue weighted by Crippen LogP contribution is -2.31.